The smallest absolute Gasteiger partial charge is 0.250 e. The summed E-state index contributed by atoms with van der Waals surface area (Å²) < 4.78 is 5.04. The van der Waals surface area contributed by atoms with Gasteiger partial charge < -0.3 is 10.1 Å². The molecule has 0 aliphatic heterocycles. The summed E-state index contributed by atoms with van der Waals surface area (Å²) in [7, 11) is 0. The first-order chi connectivity index (χ1) is 8.72. The van der Waals surface area contributed by atoms with E-state index in [1.165, 1.54) is 0 Å². The predicted octanol–water partition coefficient (Wildman–Crippen LogP) is 2.86. The van der Waals surface area contributed by atoms with Crippen LogP contribution in [-0.4, -0.2) is 24.1 Å². The molecule has 1 aromatic carbocycles. The first kappa shape index (κ1) is 12.8. The maximum Gasteiger partial charge on any atom is 0.250 e. The van der Waals surface area contributed by atoms with Gasteiger partial charge in [0.1, 0.15) is 6.61 Å². The third-order valence-corrected chi connectivity index (χ3v) is 2.76. The monoisotopic (exact) mass is 264 g/mol. The zero-order chi connectivity index (χ0) is 13.0. The van der Waals surface area contributed by atoms with Gasteiger partial charge in [-0.15, -0.1) is 0 Å². The number of amides is 1. The fraction of sp³-hybridized carbons (Fsp3) is 0.231. The lowest BCUT2D eigenvalue weighted by Crippen LogP contribution is -2.18. The van der Waals surface area contributed by atoms with Gasteiger partial charge in [0.2, 0.25) is 5.91 Å². The third kappa shape index (κ3) is 2.78. The molecule has 0 spiro atoms. The van der Waals surface area contributed by atoms with E-state index in [-0.39, 0.29) is 12.5 Å². The van der Waals surface area contributed by atoms with Crippen LogP contribution < -0.4 is 5.32 Å². The molecular formula is C13H13ClN2O2. The number of anilines is 1. The van der Waals surface area contributed by atoms with E-state index < -0.39 is 0 Å². The highest BCUT2D eigenvalue weighted by Crippen LogP contribution is 2.27. The van der Waals surface area contributed by atoms with Gasteiger partial charge in [-0.25, -0.2) is 0 Å². The molecule has 1 amide bonds. The molecule has 1 aromatic heterocycles. The van der Waals surface area contributed by atoms with Crippen LogP contribution >= 0.6 is 11.6 Å². The van der Waals surface area contributed by atoms with E-state index in [0.29, 0.717) is 22.8 Å². The van der Waals surface area contributed by atoms with Gasteiger partial charge in [-0.2, -0.15) is 0 Å². The van der Waals surface area contributed by atoms with Crippen LogP contribution in [0, 0.1) is 0 Å². The second kappa shape index (κ2) is 5.80. The Kier molecular flexibility index (Phi) is 4.12. The molecule has 0 unspecified atom stereocenters. The lowest BCUT2D eigenvalue weighted by atomic mass is 10.2. The minimum absolute atomic E-state index is 0.0352. The normalized spacial score (nSPS) is 10.6. The van der Waals surface area contributed by atoms with Gasteiger partial charge in [0.05, 0.1) is 16.2 Å². The molecule has 2 aromatic rings. The van der Waals surface area contributed by atoms with Crippen LogP contribution in [0.4, 0.5) is 5.69 Å². The second-order valence-corrected chi connectivity index (χ2v) is 4.09. The Morgan fingerprint density at radius 2 is 2.28 bits per heavy atom. The number of nitrogens with zero attached hydrogens (tertiary/aromatic N) is 1. The van der Waals surface area contributed by atoms with Crippen molar-refractivity contribution in [2.75, 3.05) is 18.5 Å². The SMILES string of the molecule is CCOCC(=O)Nc1ccc(Cl)c2cccnc12. The molecule has 18 heavy (non-hydrogen) atoms. The Labute approximate surface area is 110 Å². The average molecular weight is 265 g/mol. The molecule has 0 bridgehead atoms. The van der Waals surface area contributed by atoms with E-state index in [4.69, 9.17) is 16.3 Å². The fourth-order valence-corrected chi connectivity index (χ4v) is 1.84. The van der Waals surface area contributed by atoms with Crippen molar-refractivity contribution >= 4 is 34.1 Å². The number of aromatic nitrogens is 1. The number of halogens is 1. The zero-order valence-electron chi connectivity index (χ0n) is 9.94. The number of rotatable bonds is 4. The van der Waals surface area contributed by atoms with E-state index in [0.717, 1.165) is 5.39 Å². The van der Waals surface area contributed by atoms with E-state index in [2.05, 4.69) is 10.3 Å². The molecular weight excluding hydrogens is 252 g/mol. The topological polar surface area (TPSA) is 51.2 Å². The van der Waals surface area contributed by atoms with Crippen LogP contribution in [0.15, 0.2) is 30.5 Å². The number of fused-ring (bicyclic) bond motifs is 1. The lowest BCUT2D eigenvalue weighted by molar-refractivity contribution is -0.120. The van der Waals surface area contributed by atoms with Gasteiger partial charge in [0.15, 0.2) is 0 Å². The van der Waals surface area contributed by atoms with Crippen molar-refractivity contribution in [1.82, 2.24) is 4.98 Å². The molecule has 5 heteroatoms. The minimum Gasteiger partial charge on any atom is -0.372 e. The molecule has 0 aliphatic rings. The third-order valence-electron chi connectivity index (χ3n) is 2.43. The molecule has 94 valence electrons. The van der Waals surface area contributed by atoms with Crippen molar-refractivity contribution < 1.29 is 9.53 Å². The molecule has 0 atom stereocenters. The Hall–Kier alpha value is -1.65. The standard InChI is InChI=1S/C13H13ClN2O2/c1-2-18-8-12(17)16-11-6-5-10(14)9-4-3-7-15-13(9)11/h3-7H,2,8H2,1H3,(H,16,17). The highest BCUT2D eigenvalue weighted by atomic mass is 35.5. The number of carbonyl (C=O) groups is 1. The summed E-state index contributed by atoms with van der Waals surface area (Å²) in [4.78, 5) is 15.8. The molecule has 1 heterocycles. The van der Waals surface area contributed by atoms with E-state index in [1.54, 1.807) is 24.4 Å². The number of hydrogen-bond donors (Lipinski definition) is 1. The van der Waals surface area contributed by atoms with Crippen molar-refractivity contribution in [1.29, 1.82) is 0 Å². The first-order valence-electron chi connectivity index (χ1n) is 5.63. The molecule has 0 radical (unpaired) electrons. The Morgan fingerprint density at radius 1 is 1.44 bits per heavy atom. The van der Waals surface area contributed by atoms with Crippen molar-refractivity contribution in [2.45, 2.75) is 6.92 Å². The highest BCUT2D eigenvalue weighted by Gasteiger charge is 2.08. The summed E-state index contributed by atoms with van der Waals surface area (Å²) in [6.45, 7) is 2.38. The molecule has 0 aliphatic carbocycles. The van der Waals surface area contributed by atoms with Crippen LogP contribution in [0.2, 0.25) is 5.02 Å². The number of benzene rings is 1. The van der Waals surface area contributed by atoms with Crippen LogP contribution in [0.1, 0.15) is 6.92 Å². The fourth-order valence-electron chi connectivity index (χ4n) is 1.62. The van der Waals surface area contributed by atoms with E-state index in [1.807, 2.05) is 13.0 Å². The van der Waals surface area contributed by atoms with E-state index in [9.17, 15) is 4.79 Å². The largest absolute Gasteiger partial charge is 0.372 e. The quantitative estimate of drug-likeness (QED) is 0.924. The summed E-state index contributed by atoms with van der Waals surface area (Å²) in [5.74, 6) is -0.203. The van der Waals surface area contributed by atoms with Crippen LogP contribution in [0.25, 0.3) is 10.9 Å². The molecule has 0 saturated heterocycles. The van der Waals surface area contributed by atoms with Crippen LogP contribution in [0.5, 0.6) is 0 Å². The highest BCUT2D eigenvalue weighted by molar-refractivity contribution is 6.35. The summed E-state index contributed by atoms with van der Waals surface area (Å²) >= 11 is 6.07. The Bertz CT molecular complexity index is 572. The molecule has 0 fully saturated rings. The van der Waals surface area contributed by atoms with Crippen molar-refractivity contribution in [3.8, 4) is 0 Å². The number of carbonyl (C=O) groups excluding carboxylic acids is 1. The summed E-state index contributed by atoms with van der Waals surface area (Å²) in [6.07, 6.45) is 1.66. The number of nitrogens with one attached hydrogen (secondary N) is 1. The van der Waals surface area contributed by atoms with Crippen LogP contribution in [-0.2, 0) is 9.53 Å². The maximum atomic E-state index is 11.6. The van der Waals surface area contributed by atoms with Crippen molar-refractivity contribution in [3.63, 3.8) is 0 Å². The van der Waals surface area contributed by atoms with Gasteiger partial charge in [0, 0.05) is 18.2 Å². The summed E-state index contributed by atoms with van der Waals surface area (Å²) in [6, 6.07) is 7.15. The molecule has 2 rings (SSSR count). The molecule has 1 N–H and O–H groups in total. The molecule has 0 saturated carbocycles. The number of ether oxygens (including phenoxy) is 1. The Morgan fingerprint density at radius 3 is 3.06 bits per heavy atom. The minimum atomic E-state index is -0.203. The Balaban J connectivity index is 2.29. The van der Waals surface area contributed by atoms with Gasteiger partial charge in [-0.1, -0.05) is 11.6 Å². The van der Waals surface area contributed by atoms with Gasteiger partial charge in [-0.05, 0) is 31.2 Å². The van der Waals surface area contributed by atoms with Crippen molar-refractivity contribution in [3.05, 3.63) is 35.5 Å². The predicted molar refractivity (Wildman–Crippen MR) is 71.9 cm³/mol. The number of hydrogen-bond acceptors (Lipinski definition) is 3. The summed E-state index contributed by atoms with van der Waals surface area (Å²) in [5.41, 5.74) is 1.31. The first-order valence-corrected chi connectivity index (χ1v) is 6.01. The van der Waals surface area contributed by atoms with Gasteiger partial charge >= 0.3 is 0 Å². The lowest BCUT2D eigenvalue weighted by Gasteiger charge is -2.08. The van der Waals surface area contributed by atoms with Gasteiger partial charge in [-0.3, -0.25) is 9.78 Å². The zero-order valence-corrected chi connectivity index (χ0v) is 10.7. The maximum absolute atomic E-state index is 11.6. The van der Waals surface area contributed by atoms with E-state index >= 15 is 0 Å². The second-order valence-electron chi connectivity index (χ2n) is 3.68. The summed E-state index contributed by atoms with van der Waals surface area (Å²) in [5, 5.41) is 4.19. The average Bonchev–Trinajstić information content (AvgIpc) is 2.40. The number of pyridine rings is 1. The molecule has 4 nitrogen and oxygen atoms in total. The van der Waals surface area contributed by atoms with Crippen LogP contribution in [0.3, 0.4) is 0 Å². The van der Waals surface area contributed by atoms with Gasteiger partial charge in [0.25, 0.3) is 0 Å². The van der Waals surface area contributed by atoms with Crippen molar-refractivity contribution in [2.24, 2.45) is 0 Å².